The Labute approximate surface area is 76.5 Å². The standard InChI is InChI=1S/C8H11O2PS/c1-10-11(2,9)12-8-6-4-3-5-7-8/h3-7H,1-2H3. The van der Waals surface area contributed by atoms with Gasteiger partial charge in [-0.15, -0.1) is 0 Å². The summed E-state index contributed by atoms with van der Waals surface area (Å²) in [5, 5.41) is 0. The zero-order valence-electron chi connectivity index (χ0n) is 7.06. The van der Waals surface area contributed by atoms with E-state index < -0.39 is 6.57 Å². The van der Waals surface area contributed by atoms with Crippen LogP contribution >= 0.6 is 18.0 Å². The van der Waals surface area contributed by atoms with Gasteiger partial charge in [-0.05, 0) is 23.5 Å². The molecular formula is C8H11O2PS. The molecule has 0 aliphatic rings. The highest BCUT2D eigenvalue weighted by Crippen LogP contribution is 2.58. The van der Waals surface area contributed by atoms with E-state index in [1.807, 2.05) is 30.3 Å². The Morgan fingerprint density at radius 1 is 1.33 bits per heavy atom. The molecule has 0 fully saturated rings. The van der Waals surface area contributed by atoms with E-state index in [1.165, 1.54) is 18.5 Å². The summed E-state index contributed by atoms with van der Waals surface area (Å²) in [5.74, 6) is 0. The van der Waals surface area contributed by atoms with Crippen LogP contribution in [0, 0.1) is 0 Å². The second-order valence-corrected chi connectivity index (χ2v) is 7.46. The summed E-state index contributed by atoms with van der Waals surface area (Å²) in [6.45, 7) is -0.863. The average molecular weight is 202 g/mol. The quantitative estimate of drug-likeness (QED) is 0.704. The molecule has 0 saturated carbocycles. The summed E-state index contributed by atoms with van der Waals surface area (Å²) >= 11 is 1.28. The highest BCUT2D eigenvalue weighted by Gasteiger charge is 2.14. The zero-order valence-corrected chi connectivity index (χ0v) is 8.77. The smallest absolute Gasteiger partial charge is 0.259 e. The fourth-order valence-corrected chi connectivity index (χ4v) is 3.18. The summed E-state index contributed by atoms with van der Waals surface area (Å²) in [4.78, 5) is 0.977. The summed E-state index contributed by atoms with van der Waals surface area (Å²) in [6, 6.07) is 9.59. The first-order valence-electron chi connectivity index (χ1n) is 3.52. The minimum Gasteiger partial charge on any atom is -0.324 e. The van der Waals surface area contributed by atoms with Crippen LogP contribution in [0.15, 0.2) is 35.2 Å². The van der Waals surface area contributed by atoms with E-state index in [4.69, 9.17) is 4.52 Å². The molecule has 0 aromatic heterocycles. The van der Waals surface area contributed by atoms with E-state index in [0.717, 1.165) is 4.90 Å². The van der Waals surface area contributed by atoms with Gasteiger partial charge in [-0.3, -0.25) is 4.57 Å². The number of hydrogen-bond acceptors (Lipinski definition) is 3. The molecule has 0 aliphatic carbocycles. The van der Waals surface area contributed by atoms with Crippen molar-refractivity contribution >= 4 is 18.0 Å². The molecule has 12 heavy (non-hydrogen) atoms. The van der Waals surface area contributed by atoms with Gasteiger partial charge in [0.05, 0.1) is 0 Å². The van der Waals surface area contributed by atoms with E-state index in [0.29, 0.717) is 0 Å². The van der Waals surface area contributed by atoms with Gasteiger partial charge in [0.25, 0.3) is 6.57 Å². The van der Waals surface area contributed by atoms with Crippen LogP contribution < -0.4 is 0 Å². The molecule has 2 nitrogen and oxygen atoms in total. The molecule has 0 saturated heterocycles. The Bertz CT molecular complexity index is 286. The van der Waals surface area contributed by atoms with Crippen LogP contribution in [0.1, 0.15) is 0 Å². The molecule has 4 heteroatoms. The first kappa shape index (κ1) is 9.85. The average Bonchev–Trinajstić information content (AvgIpc) is 2.06. The molecule has 0 N–H and O–H groups in total. The minimum atomic E-state index is -2.48. The normalized spacial score (nSPS) is 15.5. The summed E-state index contributed by atoms with van der Waals surface area (Å²) in [6.07, 6.45) is 0. The highest BCUT2D eigenvalue weighted by molar-refractivity contribution is 8.56. The van der Waals surface area contributed by atoms with Gasteiger partial charge in [0.2, 0.25) is 0 Å². The topological polar surface area (TPSA) is 26.3 Å². The van der Waals surface area contributed by atoms with Crippen molar-refractivity contribution in [2.75, 3.05) is 13.8 Å². The molecule has 0 bridgehead atoms. The molecule has 0 amide bonds. The number of rotatable bonds is 3. The molecule has 1 atom stereocenters. The molecule has 0 aliphatic heterocycles. The van der Waals surface area contributed by atoms with Crippen LogP contribution in [0.3, 0.4) is 0 Å². The van der Waals surface area contributed by atoms with Gasteiger partial charge in [0.15, 0.2) is 0 Å². The van der Waals surface area contributed by atoms with Crippen molar-refractivity contribution in [3.63, 3.8) is 0 Å². The molecule has 1 aromatic carbocycles. The van der Waals surface area contributed by atoms with Gasteiger partial charge >= 0.3 is 0 Å². The third-order valence-electron chi connectivity index (χ3n) is 1.35. The summed E-state index contributed by atoms with van der Waals surface area (Å²) in [5.41, 5.74) is 0. The van der Waals surface area contributed by atoms with Crippen molar-refractivity contribution in [2.24, 2.45) is 0 Å². The van der Waals surface area contributed by atoms with E-state index in [1.54, 1.807) is 6.66 Å². The predicted molar refractivity (Wildman–Crippen MR) is 52.8 cm³/mol. The second-order valence-electron chi connectivity index (χ2n) is 2.36. The monoisotopic (exact) mass is 202 g/mol. The van der Waals surface area contributed by atoms with E-state index in [-0.39, 0.29) is 0 Å². The molecule has 0 heterocycles. The maximum atomic E-state index is 11.5. The van der Waals surface area contributed by atoms with Crippen molar-refractivity contribution in [2.45, 2.75) is 4.90 Å². The van der Waals surface area contributed by atoms with E-state index in [9.17, 15) is 4.57 Å². The zero-order chi connectivity index (χ0) is 9.03. The third-order valence-corrected chi connectivity index (χ3v) is 4.90. The summed E-state index contributed by atoms with van der Waals surface area (Å²) < 4.78 is 16.4. The molecule has 1 aromatic rings. The Balaban J connectivity index is 2.71. The fraction of sp³-hybridized carbons (Fsp3) is 0.250. The lowest BCUT2D eigenvalue weighted by atomic mass is 10.4. The molecule has 0 spiro atoms. The second kappa shape index (κ2) is 4.13. The summed E-state index contributed by atoms with van der Waals surface area (Å²) in [7, 11) is 1.47. The van der Waals surface area contributed by atoms with Crippen molar-refractivity contribution < 1.29 is 9.09 Å². The maximum absolute atomic E-state index is 11.5. The van der Waals surface area contributed by atoms with Gasteiger partial charge < -0.3 is 4.52 Å². The van der Waals surface area contributed by atoms with Crippen LogP contribution in [0.5, 0.6) is 0 Å². The molecule has 1 unspecified atom stereocenters. The molecular weight excluding hydrogens is 191 g/mol. The maximum Gasteiger partial charge on any atom is 0.259 e. The van der Waals surface area contributed by atoms with Gasteiger partial charge in [0.1, 0.15) is 0 Å². The van der Waals surface area contributed by atoms with Gasteiger partial charge in [-0.2, -0.15) is 0 Å². The predicted octanol–water partition coefficient (Wildman–Crippen LogP) is 3.25. The highest BCUT2D eigenvalue weighted by atomic mass is 32.7. The van der Waals surface area contributed by atoms with Crippen molar-refractivity contribution in [1.29, 1.82) is 0 Å². The minimum absolute atomic E-state index is 0.977. The number of hydrogen-bond donors (Lipinski definition) is 0. The largest absolute Gasteiger partial charge is 0.324 e. The van der Waals surface area contributed by atoms with Crippen molar-refractivity contribution in [1.82, 2.24) is 0 Å². The first-order chi connectivity index (χ1) is 5.64. The lowest BCUT2D eigenvalue weighted by Gasteiger charge is -2.08. The molecule has 66 valence electrons. The van der Waals surface area contributed by atoms with Gasteiger partial charge in [-0.1, -0.05) is 18.2 Å². The van der Waals surface area contributed by atoms with E-state index in [2.05, 4.69) is 0 Å². The molecule has 0 radical (unpaired) electrons. The Hall–Kier alpha value is -0.240. The van der Waals surface area contributed by atoms with Gasteiger partial charge in [-0.25, -0.2) is 0 Å². The lowest BCUT2D eigenvalue weighted by molar-refractivity contribution is 0.414. The first-order valence-corrected chi connectivity index (χ1v) is 7.01. The van der Waals surface area contributed by atoms with Crippen LogP contribution in [0.25, 0.3) is 0 Å². The third kappa shape index (κ3) is 3.02. The fourth-order valence-electron chi connectivity index (χ4n) is 0.710. The lowest BCUT2D eigenvalue weighted by Crippen LogP contribution is -1.76. The van der Waals surface area contributed by atoms with Gasteiger partial charge in [0, 0.05) is 18.7 Å². The molecule has 1 rings (SSSR count). The van der Waals surface area contributed by atoms with Crippen LogP contribution in [-0.2, 0) is 9.09 Å². The Morgan fingerprint density at radius 3 is 2.42 bits per heavy atom. The van der Waals surface area contributed by atoms with Crippen LogP contribution in [0.4, 0.5) is 0 Å². The Kier molecular flexibility index (Phi) is 3.39. The number of benzene rings is 1. The van der Waals surface area contributed by atoms with Crippen molar-refractivity contribution in [3.8, 4) is 0 Å². The Morgan fingerprint density at radius 2 is 1.92 bits per heavy atom. The van der Waals surface area contributed by atoms with E-state index >= 15 is 0 Å². The van der Waals surface area contributed by atoms with Crippen LogP contribution in [0.2, 0.25) is 0 Å². The van der Waals surface area contributed by atoms with Crippen molar-refractivity contribution in [3.05, 3.63) is 30.3 Å². The SMILES string of the molecule is COP(C)(=O)Sc1ccccc1. The van der Waals surface area contributed by atoms with Crippen LogP contribution in [-0.4, -0.2) is 13.8 Å².